The van der Waals surface area contributed by atoms with Gasteiger partial charge in [-0.3, -0.25) is 4.79 Å². The van der Waals surface area contributed by atoms with E-state index in [-0.39, 0.29) is 24.2 Å². The molecule has 0 radical (unpaired) electrons. The van der Waals surface area contributed by atoms with Crippen LogP contribution in [0.4, 0.5) is 5.13 Å². The Labute approximate surface area is 158 Å². The van der Waals surface area contributed by atoms with Gasteiger partial charge in [-0.05, 0) is 24.8 Å². The molecule has 2 N–H and O–H groups in total. The fourth-order valence-electron chi connectivity index (χ4n) is 2.23. The Bertz CT molecular complexity index is 716. The highest BCUT2D eigenvalue weighted by Gasteiger charge is 2.15. The van der Waals surface area contributed by atoms with Gasteiger partial charge in [0.05, 0.1) is 6.04 Å². The number of anilines is 1. The van der Waals surface area contributed by atoms with Crippen molar-refractivity contribution in [1.29, 1.82) is 0 Å². The lowest BCUT2D eigenvalue weighted by Crippen LogP contribution is -2.31. The number of ether oxygens (including phenoxy) is 1. The molecule has 0 spiro atoms. The van der Waals surface area contributed by atoms with Crippen molar-refractivity contribution in [1.82, 2.24) is 10.3 Å². The second kappa shape index (κ2) is 9.91. The second-order valence-electron chi connectivity index (χ2n) is 6.42. The van der Waals surface area contributed by atoms with Crippen molar-refractivity contribution in [3.05, 3.63) is 47.0 Å². The summed E-state index contributed by atoms with van der Waals surface area (Å²) in [6, 6.07) is 9.44. The average molecular weight is 375 g/mol. The second-order valence-corrected chi connectivity index (χ2v) is 7.28. The van der Waals surface area contributed by atoms with Crippen molar-refractivity contribution >= 4 is 28.3 Å². The number of carbonyl (C=O) groups is 2. The highest BCUT2D eigenvalue weighted by atomic mass is 32.1. The average Bonchev–Trinajstić information content (AvgIpc) is 3.09. The Hall–Kier alpha value is -2.41. The van der Waals surface area contributed by atoms with E-state index in [2.05, 4.69) is 29.5 Å². The van der Waals surface area contributed by atoms with Crippen LogP contribution in [0.3, 0.4) is 0 Å². The van der Waals surface area contributed by atoms with E-state index in [1.807, 2.05) is 37.3 Å². The number of benzene rings is 1. The van der Waals surface area contributed by atoms with Crippen LogP contribution in [-0.4, -0.2) is 30.0 Å². The number of aromatic nitrogens is 1. The number of thiazole rings is 1. The third-order valence-electron chi connectivity index (χ3n) is 3.72. The molecular weight excluding hydrogens is 350 g/mol. The molecule has 2 aromatic rings. The van der Waals surface area contributed by atoms with Gasteiger partial charge in [0.1, 0.15) is 0 Å². The number of nitrogens with one attached hydrogen (secondary N) is 2. The molecule has 0 aliphatic carbocycles. The zero-order valence-electron chi connectivity index (χ0n) is 15.3. The Morgan fingerprint density at radius 3 is 2.62 bits per heavy atom. The molecule has 0 aliphatic rings. The van der Waals surface area contributed by atoms with E-state index >= 15 is 0 Å². The fourth-order valence-corrected chi connectivity index (χ4v) is 2.94. The van der Waals surface area contributed by atoms with E-state index in [9.17, 15) is 9.59 Å². The van der Waals surface area contributed by atoms with Gasteiger partial charge in [0, 0.05) is 11.9 Å². The Balaban J connectivity index is 1.75. The predicted molar refractivity (Wildman–Crippen MR) is 103 cm³/mol. The van der Waals surface area contributed by atoms with Crippen LogP contribution in [0.2, 0.25) is 0 Å². The lowest BCUT2D eigenvalue weighted by atomic mass is 10.1. The van der Waals surface area contributed by atoms with Crippen LogP contribution in [0.5, 0.6) is 0 Å². The van der Waals surface area contributed by atoms with Gasteiger partial charge in [0.15, 0.2) is 17.4 Å². The number of hydrogen-bond acceptors (Lipinski definition) is 6. The van der Waals surface area contributed by atoms with Gasteiger partial charge in [0.25, 0.3) is 5.91 Å². The Morgan fingerprint density at radius 2 is 1.92 bits per heavy atom. The van der Waals surface area contributed by atoms with Crippen LogP contribution in [0.15, 0.2) is 35.7 Å². The summed E-state index contributed by atoms with van der Waals surface area (Å²) in [6.45, 7) is 6.65. The number of amides is 1. The standard InChI is InChI=1S/C19H25N3O3S/c1-13(2)9-10-20-19-22-16(12-26-19)18(24)25-11-17(23)21-14(3)15-7-5-4-6-8-15/h4-8,12-14H,9-11H2,1-3H3,(H,20,22)(H,21,23)/t14-/m1/s1. The molecule has 140 valence electrons. The van der Waals surface area contributed by atoms with Crippen LogP contribution >= 0.6 is 11.3 Å². The summed E-state index contributed by atoms with van der Waals surface area (Å²) in [7, 11) is 0. The first-order valence-electron chi connectivity index (χ1n) is 8.66. The van der Waals surface area contributed by atoms with Crippen molar-refractivity contribution in [2.24, 2.45) is 5.92 Å². The summed E-state index contributed by atoms with van der Waals surface area (Å²) in [5.74, 6) is -0.343. The molecule has 26 heavy (non-hydrogen) atoms. The monoisotopic (exact) mass is 375 g/mol. The molecule has 6 nitrogen and oxygen atoms in total. The third kappa shape index (κ3) is 6.48. The van der Waals surface area contributed by atoms with Gasteiger partial charge in [-0.2, -0.15) is 0 Å². The minimum absolute atomic E-state index is 0.154. The van der Waals surface area contributed by atoms with E-state index in [4.69, 9.17) is 4.74 Å². The molecule has 0 bridgehead atoms. The molecule has 2 rings (SSSR count). The smallest absolute Gasteiger partial charge is 0.358 e. The molecule has 0 aliphatic heterocycles. The molecule has 1 aromatic carbocycles. The summed E-state index contributed by atoms with van der Waals surface area (Å²) >= 11 is 1.35. The molecular formula is C19H25N3O3S. The van der Waals surface area contributed by atoms with Crippen LogP contribution in [0.1, 0.15) is 49.3 Å². The number of esters is 1. The fraction of sp³-hybridized carbons (Fsp3) is 0.421. The lowest BCUT2D eigenvalue weighted by Gasteiger charge is -2.14. The Morgan fingerprint density at radius 1 is 1.19 bits per heavy atom. The zero-order valence-corrected chi connectivity index (χ0v) is 16.1. The van der Waals surface area contributed by atoms with Crippen molar-refractivity contribution < 1.29 is 14.3 Å². The molecule has 0 unspecified atom stereocenters. The number of rotatable bonds is 9. The van der Waals surface area contributed by atoms with Crippen molar-refractivity contribution in [2.75, 3.05) is 18.5 Å². The van der Waals surface area contributed by atoms with Gasteiger partial charge >= 0.3 is 5.97 Å². The summed E-state index contributed by atoms with van der Waals surface area (Å²) < 4.78 is 5.05. The number of carbonyl (C=O) groups excluding carboxylic acids is 2. The maximum atomic E-state index is 12.0. The molecule has 1 aromatic heterocycles. The van der Waals surface area contributed by atoms with Crippen molar-refractivity contribution in [2.45, 2.75) is 33.2 Å². The molecule has 0 fully saturated rings. The predicted octanol–water partition coefficient (Wildman–Crippen LogP) is 3.64. The maximum Gasteiger partial charge on any atom is 0.358 e. The summed E-state index contributed by atoms with van der Waals surface area (Å²) in [6.07, 6.45) is 1.03. The van der Waals surface area contributed by atoms with E-state index in [0.717, 1.165) is 18.5 Å². The first kappa shape index (κ1) is 19.9. The SMILES string of the molecule is CC(C)CCNc1nc(C(=O)OCC(=O)N[C@H](C)c2ccccc2)cs1. The van der Waals surface area contributed by atoms with Gasteiger partial charge in [-0.15, -0.1) is 11.3 Å². The summed E-state index contributed by atoms with van der Waals surface area (Å²) in [5.41, 5.74) is 1.20. The third-order valence-corrected chi connectivity index (χ3v) is 4.52. The maximum absolute atomic E-state index is 12.0. The van der Waals surface area contributed by atoms with Gasteiger partial charge < -0.3 is 15.4 Å². The molecule has 1 atom stereocenters. The first-order valence-corrected chi connectivity index (χ1v) is 9.54. The summed E-state index contributed by atoms with van der Waals surface area (Å²) in [4.78, 5) is 28.2. The lowest BCUT2D eigenvalue weighted by molar-refractivity contribution is -0.124. The number of nitrogens with zero attached hydrogens (tertiary/aromatic N) is 1. The minimum Gasteiger partial charge on any atom is -0.451 e. The van der Waals surface area contributed by atoms with E-state index in [1.54, 1.807) is 5.38 Å². The topological polar surface area (TPSA) is 80.3 Å². The zero-order chi connectivity index (χ0) is 18.9. The molecule has 0 saturated carbocycles. The van der Waals surface area contributed by atoms with Crippen LogP contribution in [0, 0.1) is 5.92 Å². The first-order chi connectivity index (χ1) is 12.5. The van der Waals surface area contributed by atoms with Crippen LogP contribution in [0.25, 0.3) is 0 Å². The van der Waals surface area contributed by atoms with Gasteiger partial charge in [0.2, 0.25) is 0 Å². The quantitative estimate of drug-likeness (QED) is 0.654. The van der Waals surface area contributed by atoms with E-state index < -0.39 is 5.97 Å². The molecule has 7 heteroatoms. The largest absolute Gasteiger partial charge is 0.451 e. The normalized spacial score (nSPS) is 11.8. The van der Waals surface area contributed by atoms with E-state index in [0.29, 0.717) is 11.0 Å². The molecule has 0 saturated heterocycles. The van der Waals surface area contributed by atoms with Gasteiger partial charge in [-0.1, -0.05) is 44.2 Å². The van der Waals surface area contributed by atoms with Crippen LogP contribution in [-0.2, 0) is 9.53 Å². The minimum atomic E-state index is -0.597. The Kier molecular flexibility index (Phi) is 7.59. The van der Waals surface area contributed by atoms with Crippen LogP contribution < -0.4 is 10.6 Å². The van der Waals surface area contributed by atoms with Crippen molar-refractivity contribution in [3.8, 4) is 0 Å². The summed E-state index contributed by atoms with van der Waals surface area (Å²) in [5, 5.41) is 8.29. The van der Waals surface area contributed by atoms with E-state index in [1.165, 1.54) is 11.3 Å². The van der Waals surface area contributed by atoms with Crippen molar-refractivity contribution in [3.63, 3.8) is 0 Å². The highest BCUT2D eigenvalue weighted by Crippen LogP contribution is 2.16. The molecule has 1 heterocycles. The molecule has 1 amide bonds. The number of hydrogen-bond donors (Lipinski definition) is 2. The van der Waals surface area contributed by atoms with Gasteiger partial charge in [-0.25, -0.2) is 9.78 Å². The highest BCUT2D eigenvalue weighted by molar-refractivity contribution is 7.13.